The third kappa shape index (κ3) is 4.01. The number of rotatable bonds is 4. The molecule has 2 rings (SSSR count). The maximum absolute atomic E-state index is 12.1. The van der Waals surface area contributed by atoms with Crippen molar-refractivity contribution in [2.24, 2.45) is 5.41 Å². The van der Waals surface area contributed by atoms with Crippen LogP contribution in [-0.4, -0.2) is 28.1 Å². The lowest BCUT2D eigenvalue weighted by molar-refractivity contribution is -0.130. The highest BCUT2D eigenvalue weighted by Crippen LogP contribution is 2.22. The average Bonchev–Trinajstić information content (AvgIpc) is 2.80. The first-order valence-electron chi connectivity index (χ1n) is 7.90. The van der Waals surface area contributed by atoms with Gasteiger partial charge in [0.2, 0.25) is 11.8 Å². The predicted octanol–water partition coefficient (Wildman–Crippen LogP) is 2.59. The zero-order valence-corrected chi connectivity index (χ0v) is 14.8. The normalized spacial score (nSPS) is 11.2. The highest BCUT2D eigenvalue weighted by Gasteiger charge is 2.22. The van der Waals surface area contributed by atoms with Gasteiger partial charge in [-0.25, -0.2) is 4.68 Å². The van der Waals surface area contributed by atoms with Crippen molar-refractivity contribution in [1.82, 2.24) is 15.1 Å². The Morgan fingerprint density at radius 1 is 1.12 bits per heavy atom. The molecule has 0 atom stereocenters. The van der Waals surface area contributed by atoms with E-state index in [0.717, 1.165) is 17.1 Å². The zero-order chi connectivity index (χ0) is 17.9. The van der Waals surface area contributed by atoms with Crippen LogP contribution in [0, 0.1) is 19.3 Å². The molecule has 0 radical (unpaired) electrons. The molecule has 1 aromatic carbocycles. The summed E-state index contributed by atoms with van der Waals surface area (Å²) in [5.41, 5.74) is 2.65. The molecule has 2 N–H and O–H groups in total. The van der Waals surface area contributed by atoms with E-state index in [1.165, 1.54) is 0 Å². The molecule has 0 aliphatic heterocycles. The van der Waals surface area contributed by atoms with E-state index in [9.17, 15) is 9.59 Å². The molecule has 2 aromatic rings. The second-order valence-electron chi connectivity index (χ2n) is 6.77. The second kappa shape index (κ2) is 6.86. The summed E-state index contributed by atoms with van der Waals surface area (Å²) in [6.07, 6.45) is 0. The number of hydrogen-bond donors (Lipinski definition) is 2. The van der Waals surface area contributed by atoms with E-state index in [2.05, 4.69) is 15.7 Å². The molecular formula is C18H24N4O2. The molecule has 0 unspecified atom stereocenters. The fourth-order valence-electron chi connectivity index (χ4n) is 2.25. The van der Waals surface area contributed by atoms with E-state index >= 15 is 0 Å². The van der Waals surface area contributed by atoms with Crippen LogP contribution in [0.1, 0.15) is 32.2 Å². The topological polar surface area (TPSA) is 76.0 Å². The Kier molecular flexibility index (Phi) is 5.07. The number of para-hydroxylation sites is 1. The van der Waals surface area contributed by atoms with Crippen LogP contribution in [0.2, 0.25) is 0 Å². The van der Waals surface area contributed by atoms with Gasteiger partial charge in [-0.1, -0.05) is 39.0 Å². The van der Waals surface area contributed by atoms with Gasteiger partial charge in [-0.2, -0.15) is 5.10 Å². The Balaban J connectivity index is 2.09. The summed E-state index contributed by atoms with van der Waals surface area (Å²) in [5, 5.41) is 9.96. The Morgan fingerprint density at radius 2 is 1.75 bits per heavy atom. The van der Waals surface area contributed by atoms with Crippen molar-refractivity contribution in [1.29, 1.82) is 0 Å². The summed E-state index contributed by atoms with van der Waals surface area (Å²) in [4.78, 5) is 24.0. The summed E-state index contributed by atoms with van der Waals surface area (Å²) in [6, 6.07) is 9.72. The fourth-order valence-corrected chi connectivity index (χ4v) is 2.25. The van der Waals surface area contributed by atoms with Crippen molar-refractivity contribution < 1.29 is 9.59 Å². The molecule has 6 heteroatoms. The molecule has 0 bridgehead atoms. The van der Waals surface area contributed by atoms with Crippen molar-refractivity contribution >= 4 is 17.5 Å². The van der Waals surface area contributed by atoms with E-state index in [0.29, 0.717) is 5.69 Å². The molecule has 24 heavy (non-hydrogen) atoms. The molecule has 1 heterocycles. The minimum atomic E-state index is -0.524. The first kappa shape index (κ1) is 17.7. The number of benzene rings is 1. The van der Waals surface area contributed by atoms with Gasteiger partial charge >= 0.3 is 0 Å². The molecular weight excluding hydrogens is 304 g/mol. The Bertz CT molecular complexity index is 742. The number of aryl methyl sites for hydroxylation is 1. The van der Waals surface area contributed by atoms with Crippen LogP contribution in [0.3, 0.4) is 0 Å². The van der Waals surface area contributed by atoms with Gasteiger partial charge in [-0.15, -0.1) is 0 Å². The third-order valence-electron chi connectivity index (χ3n) is 3.65. The van der Waals surface area contributed by atoms with Gasteiger partial charge in [0, 0.05) is 5.41 Å². The molecule has 0 aliphatic rings. The SMILES string of the molecule is Cc1nn(-c2ccccc2)c(C)c1NC(=O)CNC(=O)C(C)(C)C. The highest BCUT2D eigenvalue weighted by atomic mass is 16.2. The molecule has 1 aromatic heterocycles. The number of carbonyl (C=O) groups excluding carboxylic acids is 2. The average molecular weight is 328 g/mol. The summed E-state index contributed by atoms with van der Waals surface area (Å²) in [7, 11) is 0. The molecule has 0 spiro atoms. The van der Waals surface area contributed by atoms with E-state index < -0.39 is 5.41 Å². The van der Waals surface area contributed by atoms with Gasteiger partial charge in [0.05, 0.1) is 29.3 Å². The molecule has 0 aliphatic carbocycles. The summed E-state index contributed by atoms with van der Waals surface area (Å²) < 4.78 is 1.79. The number of aromatic nitrogens is 2. The predicted molar refractivity (Wildman–Crippen MR) is 94.1 cm³/mol. The highest BCUT2D eigenvalue weighted by molar-refractivity contribution is 5.96. The van der Waals surface area contributed by atoms with Crippen LogP contribution >= 0.6 is 0 Å². The van der Waals surface area contributed by atoms with Crippen molar-refractivity contribution in [3.05, 3.63) is 41.7 Å². The molecule has 2 amide bonds. The van der Waals surface area contributed by atoms with Crippen LogP contribution in [0.25, 0.3) is 5.69 Å². The Hall–Kier alpha value is -2.63. The maximum atomic E-state index is 12.1. The number of hydrogen-bond acceptors (Lipinski definition) is 3. The van der Waals surface area contributed by atoms with Crippen molar-refractivity contribution in [2.75, 3.05) is 11.9 Å². The Morgan fingerprint density at radius 3 is 2.33 bits per heavy atom. The largest absolute Gasteiger partial charge is 0.347 e. The van der Waals surface area contributed by atoms with Crippen LogP contribution in [0.4, 0.5) is 5.69 Å². The van der Waals surface area contributed by atoms with Gasteiger partial charge in [0.1, 0.15) is 0 Å². The van der Waals surface area contributed by atoms with Gasteiger partial charge < -0.3 is 10.6 Å². The summed E-state index contributed by atoms with van der Waals surface area (Å²) in [5.74, 6) is -0.433. The molecule has 128 valence electrons. The van der Waals surface area contributed by atoms with Gasteiger partial charge in [0.25, 0.3) is 0 Å². The molecule has 0 fully saturated rings. The van der Waals surface area contributed by atoms with Crippen molar-refractivity contribution in [3.8, 4) is 5.69 Å². The number of anilines is 1. The molecule has 0 saturated carbocycles. The number of carbonyl (C=O) groups is 2. The minimum Gasteiger partial charge on any atom is -0.347 e. The Labute approximate surface area is 142 Å². The lowest BCUT2D eigenvalue weighted by atomic mass is 9.96. The second-order valence-corrected chi connectivity index (χ2v) is 6.77. The summed E-state index contributed by atoms with van der Waals surface area (Å²) in [6.45, 7) is 9.09. The number of nitrogens with one attached hydrogen (secondary N) is 2. The minimum absolute atomic E-state index is 0.0640. The smallest absolute Gasteiger partial charge is 0.243 e. The fraction of sp³-hybridized carbons (Fsp3) is 0.389. The quantitative estimate of drug-likeness (QED) is 0.906. The zero-order valence-electron chi connectivity index (χ0n) is 14.8. The number of amides is 2. The van der Waals surface area contributed by atoms with Gasteiger partial charge in [0.15, 0.2) is 0 Å². The molecule has 0 saturated heterocycles. The van der Waals surface area contributed by atoms with E-state index in [1.54, 1.807) is 25.5 Å². The van der Waals surface area contributed by atoms with Crippen molar-refractivity contribution in [2.45, 2.75) is 34.6 Å². The lowest BCUT2D eigenvalue weighted by Gasteiger charge is -2.17. The van der Waals surface area contributed by atoms with Gasteiger partial charge in [-0.05, 0) is 26.0 Å². The monoisotopic (exact) mass is 328 g/mol. The van der Waals surface area contributed by atoms with Crippen LogP contribution in [0.15, 0.2) is 30.3 Å². The summed E-state index contributed by atoms with van der Waals surface area (Å²) >= 11 is 0. The van der Waals surface area contributed by atoms with E-state index in [1.807, 2.05) is 44.2 Å². The standard InChI is InChI=1S/C18H24N4O2/c1-12-16(20-15(23)11-19-17(24)18(3,4)5)13(2)22(21-12)14-9-7-6-8-10-14/h6-10H,11H2,1-5H3,(H,19,24)(H,20,23). The van der Waals surface area contributed by atoms with Crippen LogP contribution < -0.4 is 10.6 Å². The molecule has 6 nitrogen and oxygen atoms in total. The van der Waals surface area contributed by atoms with E-state index in [-0.39, 0.29) is 18.4 Å². The maximum Gasteiger partial charge on any atom is 0.243 e. The van der Waals surface area contributed by atoms with Gasteiger partial charge in [-0.3, -0.25) is 9.59 Å². The third-order valence-corrected chi connectivity index (χ3v) is 3.65. The van der Waals surface area contributed by atoms with Crippen molar-refractivity contribution in [3.63, 3.8) is 0 Å². The van der Waals surface area contributed by atoms with Crippen LogP contribution in [0.5, 0.6) is 0 Å². The first-order chi connectivity index (χ1) is 11.2. The lowest BCUT2D eigenvalue weighted by Crippen LogP contribution is -2.39. The van der Waals surface area contributed by atoms with Crippen LogP contribution in [-0.2, 0) is 9.59 Å². The number of nitrogens with zero attached hydrogens (tertiary/aromatic N) is 2. The first-order valence-corrected chi connectivity index (χ1v) is 7.90. The van der Waals surface area contributed by atoms with E-state index in [4.69, 9.17) is 0 Å².